The van der Waals surface area contributed by atoms with Gasteiger partial charge in [0.2, 0.25) is 0 Å². The molecule has 0 bridgehead atoms. The molecule has 10 aliphatic rings. The Balaban J connectivity index is 1.03. The van der Waals surface area contributed by atoms with Crippen LogP contribution in [0.25, 0.3) is 0 Å². The first-order valence-corrected chi connectivity index (χ1v) is 21.7. The van der Waals surface area contributed by atoms with Gasteiger partial charge in [0.05, 0.1) is 11.5 Å². The molecule has 0 aromatic heterocycles. The van der Waals surface area contributed by atoms with Gasteiger partial charge < -0.3 is 4.90 Å². The number of fused-ring (bicyclic) bond motifs is 9. The fourth-order valence-electron chi connectivity index (χ4n) is 11.3. The summed E-state index contributed by atoms with van der Waals surface area (Å²) in [5.74, 6) is 1.53. The number of rotatable bonds is 3. The standard InChI is InChI=1S/C50H47NS2/c1-49-30-13-12-25-47(49)50(40-21-9-11-24-45(40)53-49)41-28-26-35(32-46(41)52-48-37(20-14-22-42(48)50)33-15-4-2-5-16-33)34-27-29-44-39(31-34)38-19-8-10-23-43(38)51(44)36-17-6-3-7-18-36/h3-4,6,8-17,19,21-29,31,35,37,39-40,44-45H,2,5,7,18,20,30,32H2,1H3. The van der Waals surface area contributed by atoms with E-state index in [0.717, 1.165) is 44.9 Å². The van der Waals surface area contributed by atoms with Crippen LogP contribution >= 0.6 is 23.5 Å². The molecule has 3 heterocycles. The van der Waals surface area contributed by atoms with Gasteiger partial charge in [-0.15, -0.1) is 11.8 Å². The Hall–Kier alpha value is -3.92. The molecule has 0 saturated carbocycles. The first kappa shape index (κ1) is 32.5. The third kappa shape index (κ3) is 4.85. The SMILES string of the molecule is CC12CC=CC=C1C1(C3=C(CC(C4=CC5c6ccccc6N(C6=CC=CCC6)C5C=C4)C=C3)SC3=C1C=CCC3C1=CCCC=C1)C1C=CC=CC1S2. The average molecular weight is 726 g/mol. The lowest BCUT2D eigenvalue weighted by molar-refractivity contribution is 0.340. The van der Waals surface area contributed by atoms with E-state index in [9.17, 15) is 0 Å². The minimum absolute atomic E-state index is 0.0497. The summed E-state index contributed by atoms with van der Waals surface area (Å²) in [5.41, 5.74) is 11.9. The Morgan fingerprint density at radius 3 is 2.62 bits per heavy atom. The molecule has 0 N–H and O–H groups in total. The number of thioether (sulfide) groups is 2. The smallest absolute Gasteiger partial charge is 0.0626 e. The highest BCUT2D eigenvalue weighted by Crippen LogP contribution is 2.71. The average Bonchev–Trinajstić information content (AvgIpc) is 3.54. The predicted molar refractivity (Wildman–Crippen MR) is 228 cm³/mol. The van der Waals surface area contributed by atoms with Gasteiger partial charge in [0.1, 0.15) is 0 Å². The minimum Gasteiger partial charge on any atom is -0.337 e. The van der Waals surface area contributed by atoms with Gasteiger partial charge in [0.25, 0.3) is 0 Å². The number of benzene rings is 1. The van der Waals surface area contributed by atoms with Crippen LogP contribution in [0, 0.1) is 23.2 Å². The van der Waals surface area contributed by atoms with Crippen LogP contribution in [-0.4, -0.2) is 16.0 Å². The van der Waals surface area contributed by atoms with Crippen molar-refractivity contribution in [3.8, 4) is 0 Å². The maximum absolute atomic E-state index is 2.65. The van der Waals surface area contributed by atoms with E-state index in [0.29, 0.717) is 35.0 Å². The summed E-state index contributed by atoms with van der Waals surface area (Å²) in [4.78, 5) is 5.86. The Labute approximate surface area is 324 Å². The van der Waals surface area contributed by atoms with Crippen molar-refractivity contribution in [2.45, 2.75) is 73.8 Å². The van der Waals surface area contributed by atoms with E-state index in [1.54, 1.807) is 26.5 Å². The van der Waals surface area contributed by atoms with Crippen LogP contribution in [0.1, 0.15) is 63.4 Å². The lowest BCUT2D eigenvalue weighted by atomic mass is 9.53. The van der Waals surface area contributed by atoms with Crippen molar-refractivity contribution in [3.05, 3.63) is 195 Å². The zero-order valence-electron chi connectivity index (χ0n) is 30.5. The van der Waals surface area contributed by atoms with Crippen LogP contribution in [0.15, 0.2) is 189 Å². The number of nitrogens with zero attached hydrogens (tertiary/aromatic N) is 1. The molecule has 53 heavy (non-hydrogen) atoms. The Bertz CT molecular complexity index is 2230. The van der Waals surface area contributed by atoms with Crippen LogP contribution in [0.2, 0.25) is 0 Å². The molecule has 1 aromatic carbocycles. The topological polar surface area (TPSA) is 3.24 Å². The van der Waals surface area contributed by atoms with Crippen molar-refractivity contribution >= 4 is 29.2 Å². The van der Waals surface area contributed by atoms with Crippen LogP contribution in [0.5, 0.6) is 0 Å². The van der Waals surface area contributed by atoms with Gasteiger partial charge in [-0.1, -0.05) is 145 Å². The second-order valence-electron chi connectivity index (χ2n) is 16.5. The third-order valence-corrected chi connectivity index (χ3v) is 16.6. The summed E-state index contributed by atoms with van der Waals surface area (Å²) < 4.78 is 0.0497. The van der Waals surface area contributed by atoms with E-state index in [-0.39, 0.29) is 10.2 Å². The first-order chi connectivity index (χ1) is 26.1. The van der Waals surface area contributed by atoms with E-state index < -0.39 is 0 Å². The van der Waals surface area contributed by atoms with Crippen LogP contribution in [-0.2, 0) is 0 Å². The molecule has 1 saturated heterocycles. The van der Waals surface area contributed by atoms with Crippen molar-refractivity contribution in [1.82, 2.24) is 0 Å². The lowest BCUT2D eigenvalue weighted by Gasteiger charge is -2.60. The molecule has 3 heteroatoms. The zero-order chi connectivity index (χ0) is 35.1. The second kappa shape index (κ2) is 12.6. The summed E-state index contributed by atoms with van der Waals surface area (Å²) in [6.45, 7) is 2.54. The molecular weight excluding hydrogens is 679 g/mol. The Kier molecular flexibility index (Phi) is 7.71. The van der Waals surface area contributed by atoms with Crippen molar-refractivity contribution < 1.29 is 0 Å². The van der Waals surface area contributed by atoms with E-state index in [4.69, 9.17) is 0 Å². The molecule has 8 unspecified atom stereocenters. The summed E-state index contributed by atoms with van der Waals surface area (Å²) in [5, 5.41) is 0.439. The maximum Gasteiger partial charge on any atom is 0.0626 e. The second-order valence-corrected chi connectivity index (χ2v) is 19.3. The first-order valence-electron chi connectivity index (χ1n) is 20.1. The summed E-state index contributed by atoms with van der Waals surface area (Å²) in [6, 6.07) is 9.52. The van der Waals surface area contributed by atoms with Gasteiger partial charge in [-0.25, -0.2) is 0 Å². The molecule has 0 amide bonds. The zero-order valence-corrected chi connectivity index (χ0v) is 32.2. The van der Waals surface area contributed by atoms with Crippen molar-refractivity contribution in [2.75, 3.05) is 4.90 Å². The minimum atomic E-state index is -0.183. The quantitative estimate of drug-likeness (QED) is 0.305. The molecule has 11 rings (SSSR count). The predicted octanol–water partition coefficient (Wildman–Crippen LogP) is 12.9. The highest BCUT2D eigenvalue weighted by molar-refractivity contribution is 8.06. The number of allylic oxidation sites excluding steroid dienone is 24. The van der Waals surface area contributed by atoms with Crippen LogP contribution in [0.3, 0.4) is 0 Å². The fraction of sp³-hybridized carbons (Fsp3) is 0.320. The van der Waals surface area contributed by atoms with Gasteiger partial charge in [-0.3, -0.25) is 0 Å². The molecule has 3 aliphatic heterocycles. The molecular formula is C50H47NS2. The maximum atomic E-state index is 2.65. The Morgan fingerprint density at radius 2 is 1.72 bits per heavy atom. The van der Waals surface area contributed by atoms with E-state index in [2.05, 4.69) is 181 Å². The van der Waals surface area contributed by atoms with Crippen LogP contribution < -0.4 is 4.90 Å². The van der Waals surface area contributed by atoms with Crippen molar-refractivity contribution in [2.24, 2.45) is 23.2 Å². The number of hydrogen-bond donors (Lipinski definition) is 0. The number of hydrogen-bond acceptors (Lipinski definition) is 3. The van der Waals surface area contributed by atoms with Gasteiger partial charge in [0, 0.05) is 50.0 Å². The molecule has 1 spiro atoms. The fourth-order valence-corrected chi connectivity index (χ4v) is 14.7. The molecule has 7 aliphatic carbocycles. The number of para-hydroxylation sites is 1. The molecule has 0 radical (unpaired) electrons. The highest BCUT2D eigenvalue weighted by atomic mass is 32.2. The van der Waals surface area contributed by atoms with Crippen molar-refractivity contribution in [3.63, 3.8) is 0 Å². The van der Waals surface area contributed by atoms with Gasteiger partial charge in [-0.05, 0) is 102 Å². The summed E-state index contributed by atoms with van der Waals surface area (Å²) in [6.07, 6.45) is 57.1. The van der Waals surface area contributed by atoms with Crippen molar-refractivity contribution in [1.29, 1.82) is 0 Å². The molecule has 1 aromatic rings. The third-order valence-electron chi connectivity index (χ3n) is 13.6. The molecule has 8 atom stereocenters. The summed E-state index contributed by atoms with van der Waals surface area (Å²) >= 11 is 4.36. The highest BCUT2D eigenvalue weighted by Gasteiger charge is 2.61. The monoisotopic (exact) mass is 725 g/mol. The van der Waals surface area contributed by atoms with E-state index in [1.165, 1.54) is 28.1 Å². The summed E-state index contributed by atoms with van der Waals surface area (Å²) in [7, 11) is 0. The molecule has 264 valence electrons. The van der Waals surface area contributed by atoms with Gasteiger partial charge >= 0.3 is 0 Å². The van der Waals surface area contributed by atoms with Crippen LogP contribution in [0.4, 0.5) is 5.69 Å². The normalized spacial score (nSPS) is 37.0. The lowest BCUT2D eigenvalue weighted by Crippen LogP contribution is -2.53. The van der Waals surface area contributed by atoms with Gasteiger partial charge in [0.15, 0.2) is 0 Å². The van der Waals surface area contributed by atoms with Gasteiger partial charge in [-0.2, -0.15) is 0 Å². The van der Waals surface area contributed by atoms with E-state index >= 15 is 0 Å². The number of anilines is 1. The molecule has 1 fully saturated rings. The van der Waals surface area contributed by atoms with E-state index in [1.807, 2.05) is 0 Å². The largest absolute Gasteiger partial charge is 0.337 e. The Morgan fingerprint density at radius 1 is 0.792 bits per heavy atom. The molecule has 1 nitrogen and oxygen atoms in total.